The van der Waals surface area contributed by atoms with E-state index < -0.39 is 10.0 Å². The van der Waals surface area contributed by atoms with Gasteiger partial charge in [0.25, 0.3) is 0 Å². The van der Waals surface area contributed by atoms with Crippen molar-refractivity contribution in [1.82, 2.24) is 29.2 Å². The maximum Gasteiger partial charge on any atom is 0.246 e. The molecule has 1 fully saturated rings. The van der Waals surface area contributed by atoms with E-state index in [1.165, 1.54) is 11.1 Å². The predicted molar refractivity (Wildman–Crippen MR) is 129 cm³/mol. The van der Waals surface area contributed by atoms with Crippen LogP contribution in [0.5, 0.6) is 0 Å². The Kier molecular flexibility index (Phi) is 6.39. The van der Waals surface area contributed by atoms with Gasteiger partial charge in [-0.1, -0.05) is 12.1 Å². The van der Waals surface area contributed by atoms with Crippen LogP contribution in [0.25, 0.3) is 17.1 Å². The van der Waals surface area contributed by atoms with Gasteiger partial charge in [0.15, 0.2) is 5.82 Å². The number of nitrogens with zero attached hydrogens (tertiary/aromatic N) is 6. The van der Waals surface area contributed by atoms with Crippen LogP contribution in [0.3, 0.4) is 0 Å². The van der Waals surface area contributed by atoms with Crippen molar-refractivity contribution in [3.63, 3.8) is 0 Å². The molecule has 1 aliphatic heterocycles. The number of sulfonamides is 1. The van der Waals surface area contributed by atoms with Crippen molar-refractivity contribution in [2.45, 2.75) is 52.5 Å². The molecular formula is C24H32N6O2S. The molecule has 8 nitrogen and oxygen atoms in total. The molecule has 3 aromatic rings. The lowest BCUT2D eigenvalue weighted by Crippen LogP contribution is -2.50. The molecular weight excluding hydrogens is 436 g/mol. The minimum absolute atomic E-state index is 0.264. The predicted octanol–water partition coefficient (Wildman–Crippen LogP) is 3.28. The average Bonchev–Trinajstić information content (AvgIpc) is 3.10. The van der Waals surface area contributed by atoms with Crippen molar-refractivity contribution in [3.05, 3.63) is 52.8 Å². The standard InChI is InChI=1S/C24H32N6O2S/c1-16(2)28-11-13-29(14-12-28)33(31,32)24-19(5)27-30(20(24)6)23-10-9-22(25-26-23)21-8-7-17(3)18(4)15-21/h7-10,15-16H,11-14H2,1-6H3. The van der Waals surface area contributed by atoms with Crippen LogP contribution in [-0.4, -0.2) is 69.8 Å². The van der Waals surface area contributed by atoms with Crippen molar-refractivity contribution < 1.29 is 8.42 Å². The zero-order valence-electron chi connectivity index (χ0n) is 20.2. The molecule has 0 atom stereocenters. The van der Waals surface area contributed by atoms with E-state index in [1.807, 2.05) is 18.2 Å². The number of piperazine rings is 1. The number of hydrogen-bond acceptors (Lipinski definition) is 6. The van der Waals surface area contributed by atoms with Crippen molar-refractivity contribution in [2.24, 2.45) is 0 Å². The van der Waals surface area contributed by atoms with Gasteiger partial charge in [0, 0.05) is 37.8 Å². The Labute approximate surface area is 196 Å². The SMILES string of the molecule is Cc1ccc(-c2ccc(-n3nc(C)c(S(=O)(=O)N4CCN(C(C)C)CC4)c3C)nn2)cc1C. The molecule has 0 radical (unpaired) electrons. The second kappa shape index (κ2) is 8.96. The number of aryl methyl sites for hydroxylation is 3. The quantitative estimate of drug-likeness (QED) is 0.571. The van der Waals surface area contributed by atoms with Crippen molar-refractivity contribution in [3.8, 4) is 17.1 Å². The van der Waals surface area contributed by atoms with Gasteiger partial charge in [-0.15, -0.1) is 10.2 Å². The fourth-order valence-corrected chi connectivity index (χ4v) is 6.08. The first-order valence-electron chi connectivity index (χ1n) is 11.3. The molecule has 0 bridgehead atoms. The number of aromatic nitrogens is 4. The summed E-state index contributed by atoms with van der Waals surface area (Å²) in [6.45, 7) is 14.3. The fourth-order valence-electron chi connectivity index (χ4n) is 4.31. The normalized spacial score (nSPS) is 16.0. The molecule has 0 N–H and O–H groups in total. The molecule has 1 aliphatic rings. The van der Waals surface area contributed by atoms with Gasteiger partial charge in [-0.3, -0.25) is 4.90 Å². The Bertz CT molecular complexity index is 1260. The van der Waals surface area contributed by atoms with E-state index in [1.54, 1.807) is 22.8 Å². The van der Waals surface area contributed by atoms with Gasteiger partial charge >= 0.3 is 0 Å². The maximum atomic E-state index is 13.5. The Morgan fingerprint density at radius 1 is 0.879 bits per heavy atom. The molecule has 33 heavy (non-hydrogen) atoms. The third-order valence-electron chi connectivity index (χ3n) is 6.50. The van der Waals surface area contributed by atoms with Crippen LogP contribution in [-0.2, 0) is 10.0 Å². The highest BCUT2D eigenvalue weighted by molar-refractivity contribution is 7.89. The van der Waals surface area contributed by atoms with Crippen molar-refractivity contribution >= 4 is 10.0 Å². The lowest BCUT2D eigenvalue weighted by Gasteiger charge is -2.36. The van der Waals surface area contributed by atoms with Gasteiger partial charge in [-0.25, -0.2) is 13.1 Å². The molecule has 4 rings (SSSR count). The van der Waals surface area contributed by atoms with Crippen LogP contribution in [0.15, 0.2) is 35.2 Å². The summed E-state index contributed by atoms with van der Waals surface area (Å²) in [4.78, 5) is 2.56. The Morgan fingerprint density at radius 3 is 2.15 bits per heavy atom. The molecule has 1 aromatic carbocycles. The second-order valence-electron chi connectivity index (χ2n) is 9.02. The second-order valence-corrected chi connectivity index (χ2v) is 10.9. The molecule has 2 aromatic heterocycles. The molecule has 0 saturated carbocycles. The number of hydrogen-bond donors (Lipinski definition) is 0. The molecule has 3 heterocycles. The highest BCUT2D eigenvalue weighted by Gasteiger charge is 2.34. The van der Waals surface area contributed by atoms with Gasteiger partial charge in [0.05, 0.1) is 17.1 Å². The Balaban J connectivity index is 1.62. The minimum Gasteiger partial charge on any atom is -0.298 e. The summed E-state index contributed by atoms with van der Waals surface area (Å²) in [5.41, 5.74) is 5.20. The third kappa shape index (κ3) is 4.45. The zero-order chi connectivity index (χ0) is 23.9. The highest BCUT2D eigenvalue weighted by atomic mass is 32.2. The largest absolute Gasteiger partial charge is 0.298 e. The van der Waals surface area contributed by atoms with Crippen LogP contribution < -0.4 is 0 Å². The van der Waals surface area contributed by atoms with Gasteiger partial charge in [-0.05, 0) is 70.9 Å². The van der Waals surface area contributed by atoms with Crippen LogP contribution in [0, 0.1) is 27.7 Å². The lowest BCUT2D eigenvalue weighted by atomic mass is 10.0. The molecule has 0 amide bonds. The summed E-state index contributed by atoms with van der Waals surface area (Å²) < 4.78 is 30.1. The van der Waals surface area contributed by atoms with Gasteiger partial charge in [-0.2, -0.15) is 9.40 Å². The molecule has 1 saturated heterocycles. The van der Waals surface area contributed by atoms with Crippen molar-refractivity contribution in [2.75, 3.05) is 26.2 Å². The first-order chi connectivity index (χ1) is 15.6. The van der Waals surface area contributed by atoms with Crippen LogP contribution in [0.4, 0.5) is 0 Å². The maximum absolute atomic E-state index is 13.5. The summed E-state index contributed by atoms with van der Waals surface area (Å²) in [5.74, 6) is 0.495. The molecule has 176 valence electrons. The van der Waals surface area contributed by atoms with Crippen molar-refractivity contribution in [1.29, 1.82) is 0 Å². The van der Waals surface area contributed by atoms with Gasteiger partial charge in [0.2, 0.25) is 10.0 Å². The van der Waals surface area contributed by atoms with E-state index in [4.69, 9.17) is 0 Å². The summed E-state index contributed by atoms with van der Waals surface area (Å²) in [5, 5.41) is 13.2. The summed E-state index contributed by atoms with van der Waals surface area (Å²) in [6, 6.07) is 10.3. The molecule has 0 unspecified atom stereocenters. The van der Waals surface area contributed by atoms with Crippen LogP contribution in [0.1, 0.15) is 36.4 Å². The summed E-state index contributed by atoms with van der Waals surface area (Å²) >= 11 is 0. The topological polar surface area (TPSA) is 84.2 Å². The monoisotopic (exact) mass is 468 g/mol. The summed E-state index contributed by atoms with van der Waals surface area (Å²) in [7, 11) is -3.64. The minimum atomic E-state index is -3.64. The van der Waals surface area contributed by atoms with E-state index in [9.17, 15) is 8.42 Å². The zero-order valence-corrected chi connectivity index (χ0v) is 21.0. The number of benzene rings is 1. The highest BCUT2D eigenvalue weighted by Crippen LogP contribution is 2.27. The van der Waals surface area contributed by atoms with Crippen LogP contribution in [0.2, 0.25) is 0 Å². The molecule has 9 heteroatoms. The molecule has 0 spiro atoms. The average molecular weight is 469 g/mol. The Hall–Kier alpha value is -2.62. The lowest BCUT2D eigenvalue weighted by molar-refractivity contribution is 0.154. The fraction of sp³-hybridized carbons (Fsp3) is 0.458. The van der Waals surface area contributed by atoms with E-state index in [2.05, 4.69) is 60.0 Å². The number of rotatable bonds is 5. The third-order valence-corrected chi connectivity index (χ3v) is 8.65. The molecule has 0 aliphatic carbocycles. The van der Waals surface area contributed by atoms with Gasteiger partial charge in [0.1, 0.15) is 4.90 Å². The van der Waals surface area contributed by atoms with Crippen LogP contribution >= 0.6 is 0 Å². The Morgan fingerprint density at radius 2 is 1.58 bits per heavy atom. The van der Waals surface area contributed by atoms with E-state index >= 15 is 0 Å². The first kappa shape index (κ1) is 23.5. The smallest absolute Gasteiger partial charge is 0.246 e. The van der Waals surface area contributed by atoms with E-state index in [-0.39, 0.29) is 4.90 Å². The first-order valence-corrected chi connectivity index (χ1v) is 12.8. The van der Waals surface area contributed by atoms with E-state index in [0.29, 0.717) is 36.3 Å². The van der Waals surface area contributed by atoms with Gasteiger partial charge < -0.3 is 0 Å². The summed E-state index contributed by atoms with van der Waals surface area (Å²) in [6.07, 6.45) is 0. The van der Waals surface area contributed by atoms with E-state index in [0.717, 1.165) is 24.3 Å².